The summed E-state index contributed by atoms with van der Waals surface area (Å²) in [4.78, 5) is 40.4. The molecule has 0 aromatic heterocycles. The largest absolute Gasteiger partial charge is 0.486 e. The van der Waals surface area contributed by atoms with Gasteiger partial charge in [-0.3, -0.25) is 9.80 Å². The molecule has 2 atom stereocenters. The zero-order valence-corrected chi connectivity index (χ0v) is 18.7. The predicted octanol–water partition coefficient (Wildman–Crippen LogP) is 2.46. The predicted molar refractivity (Wildman–Crippen MR) is 110 cm³/mol. The van der Waals surface area contributed by atoms with Crippen LogP contribution >= 0.6 is 0 Å². The maximum Gasteiger partial charge on any atom is 0.411 e. The first kappa shape index (κ1) is 22.0. The number of carbonyl (C=O) groups is 3. The summed E-state index contributed by atoms with van der Waals surface area (Å²) in [6, 6.07) is 2.92. The SMILES string of the molecule is COC(=O)[C@@H]1C[C@@H](OC(=O)N2Cc3cc4c(cc3C2)OCCO4)CN1C(=O)OC(C)(C)C. The number of nitrogens with zero attached hydrogens (tertiary/aromatic N) is 2. The number of rotatable bonds is 2. The molecule has 3 heterocycles. The Morgan fingerprint density at radius 1 is 1.00 bits per heavy atom. The van der Waals surface area contributed by atoms with Crippen molar-refractivity contribution in [2.24, 2.45) is 0 Å². The lowest BCUT2D eigenvalue weighted by Crippen LogP contribution is -2.44. The maximum atomic E-state index is 12.8. The second kappa shape index (κ2) is 8.40. The lowest BCUT2D eigenvalue weighted by molar-refractivity contribution is -0.145. The average Bonchev–Trinajstić information content (AvgIpc) is 3.34. The first-order chi connectivity index (χ1) is 15.1. The molecule has 1 aromatic rings. The summed E-state index contributed by atoms with van der Waals surface area (Å²) in [7, 11) is 1.25. The number of carbonyl (C=O) groups excluding carboxylic acids is 3. The van der Waals surface area contributed by atoms with Crippen LogP contribution in [0.4, 0.5) is 9.59 Å². The quantitative estimate of drug-likeness (QED) is 0.502. The Morgan fingerprint density at radius 2 is 1.59 bits per heavy atom. The molecular formula is C22H28N2O8. The monoisotopic (exact) mass is 448 g/mol. The standard InChI is InChI=1S/C22H28N2O8/c1-22(2,3)32-21(27)24-12-15(9-16(24)19(25)28-4)31-20(26)23-10-13-7-17-18(8-14(13)11-23)30-6-5-29-17/h7-8,15-16H,5-6,9-12H2,1-4H3/t15-,16+/m1/s1. The Bertz CT molecular complexity index is 890. The molecule has 1 fully saturated rings. The fourth-order valence-corrected chi connectivity index (χ4v) is 4.05. The highest BCUT2D eigenvalue weighted by Gasteiger charge is 2.44. The summed E-state index contributed by atoms with van der Waals surface area (Å²) in [5.74, 6) is 0.776. The molecule has 0 unspecified atom stereocenters. The maximum absolute atomic E-state index is 12.8. The fourth-order valence-electron chi connectivity index (χ4n) is 4.05. The van der Waals surface area contributed by atoms with Crippen molar-refractivity contribution in [3.8, 4) is 11.5 Å². The number of methoxy groups -OCH3 is 1. The van der Waals surface area contributed by atoms with Crippen LogP contribution in [0.1, 0.15) is 38.3 Å². The second-order valence-electron chi connectivity index (χ2n) is 9.03. The Kier molecular flexibility index (Phi) is 5.79. The fraction of sp³-hybridized carbons (Fsp3) is 0.591. The summed E-state index contributed by atoms with van der Waals surface area (Å²) >= 11 is 0. The van der Waals surface area contributed by atoms with Gasteiger partial charge in [0, 0.05) is 19.5 Å². The third-order valence-electron chi connectivity index (χ3n) is 5.48. The van der Waals surface area contributed by atoms with Crippen LogP contribution in [0, 0.1) is 0 Å². The van der Waals surface area contributed by atoms with Gasteiger partial charge in [-0.05, 0) is 44.0 Å². The van der Waals surface area contributed by atoms with Gasteiger partial charge in [-0.1, -0.05) is 0 Å². The average molecular weight is 448 g/mol. The molecule has 174 valence electrons. The van der Waals surface area contributed by atoms with Gasteiger partial charge >= 0.3 is 18.2 Å². The molecule has 0 bridgehead atoms. The van der Waals surface area contributed by atoms with Crippen LogP contribution < -0.4 is 9.47 Å². The highest BCUT2D eigenvalue weighted by molar-refractivity contribution is 5.82. The van der Waals surface area contributed by atoms with E-state index >= 15 is 0 Å². The van der Waals surface area contributed by atoms with Crippen molar-refractivity contribution in [1.29, 1.82) is 0 Å². The summed E-state index contributed by atoms with van der Waals surface area (Å²) < 4.78 is 27.1. The van der Waals surface area contributed by atoms with E-state index in [0.717, 1.165) is 11.1 Å². The smallest absolute Gasteiger partial charge is 0.411 e. The molecule has 1 aromatic carbocycles. The van der Waals surface area contributed by atoms with Crippen molar-refractivity contribution < 1.29 is 38.1 Å². The number of hydrogen-bond acceptors (Lipinski definition) is 8. The number of benzene rings is 1. The van der Waals surface area contributed by atoms with Crippen LogP contribution in [-0.4, -0.2) is 72.6 Å². The molecule has 32 heavy (non-hydrogen) atoms. The number of ether oxygens (including phenoxy) is 5. The number of fused-ring (bicyclic) bond motifs is 2. The van der Waals surface area contributed by atoms with Crippen molar-refractivity contribution in [3.63, 3.8) is 0 Å². The van der Waals surface area contributed by atoms with Crippen LogP contribution in [0.15, 0.2) is 12.1 Å². The van der Waals surface area contributed by atoms with E-state index < -0.39 is 35.9 Å². The van der Waals surface area contributed by atoms with Crippen LogP contribution in [0.5, 0.6) is 11.5 Å². The van der Waals surface area contributed by atoms with Gasteiger partial charge in [0.2, 0.25) is 0 Å². The molecule has 0 N–H and O–H groups in total. The normalized spacial score (nSPS) is 21.8. The summed E-state index contributed by atoms with van der Waals surface area (Å²) in [5, 5.41) is 0. The van der Waals surface area contributed by atoms with Gasteiger partial charge in [-0.25, -0.2) is 14.4 Å². The Labute approximate surface area is 186 Å². The van der Waals surface area contributed by atoms with Gasteiger partial charge in [-0.2, -0.15) is 0 Å². The van der Waals surface area contributed by atoms with E-state index in [2.05, 4.69) is 0 Å². The Hall–Kier alpha value is -3.17. The summed E-state index contributed by atoms with van der Waals surface area (Å²) in [5.41, 5.74) is 1.22. The van der Waals surface area contributed by atoms with Gasteiger partial charge in [0.05, 0.1) is 13.7 Å². The minimum atomic E-state index is -0.871. The minimum Gasteiger partial charge on any atom is -0.486 e. The van der Waals surface area contributed by atoms with Gasteiger partial charge in [0.25, 0.3) is 0 Å². The molecule has 10 nitrogen and oxygen atoms in total. The number of esters is 1. The van der Waals surface area contributed by atoms with Crippen molar-refractivity contribution in [3.05, 3.63) is 23.3 Å². The molecular weight excluding hydrogens is 420 g/mol. The van der Waals surface area contributed by atoms with Gasteiger partial charge < -0.3 is 23.7 Å². The summed E-state index contributed by atoms with van der Waals surface area (Å²) in [6.07, 6.45) is -1.66. The molecule has 0 spiro atoms. The van der Waals surface area contributed by atoms with Crippen molar-refractivity contribution in [2.75, 3.05) is 26.9 Å². The number of hydrogen-bond donors (Lipinski definition) is 0. The van der Waals surface area contributed by atoms with Gasteiger partial charge in [-0.15, -0.1) is 0 Å². The molecule has 1 saturated heterocycles. The minimum absolute atomic E-state index is 0.0528. The zero-order chi connectivity index (χ0) is 23.0. The van der Waals surface area contributed by atoms with Crippen LogP contribution in [-0.2, 0) is 32.1 Å². The molecule has 2 amide bonds. The molecule has 4 rings (SSSR count). The van der Waals surface area contributed by atoms with Crippen LogP contribution in [0.2, 0.25) is 0 Å². The molecule has 10 heteroatoms. The molecule has 3 aliphatic rings. The highest BCUT2D eigenvalue weighted by Crippen LogP contribution is 2.37. The zero-order valence-electron chi connectivity index (χ0n) is 18.7. The number of amides is 2. The van der Waals surface area contributed by atoms with Crippen LogP contribution in [0.3, 0.4) is 0 Å². The van der Waals surface area contributed by atoms with Crippen molar-refractivity contribution in [1.82, 2.24) is 9.80 Å². The Balaban J connectivity index is 1.40. The molecule has 0 aliphatic carbocycles. The topological polar surface area (TPSA) is 104 Å². The molecule has 0 radical (unpaired) electrons. The third-order valence-corrected chi connectivity index (χ3v) is 5.48. The lowest BCUT2D eigenvalue weighted by atomic mass is 10.1. The summed E-state index contributed by atoms with van der Waals surface area (Å²) in [6.45, 7) is 7.03. The van der Waals surface area contributed by atoms with Crippen LogP contribution in [0.25, 0.3) is 0 Å². The molecule has 0 saturated carbocycles. The van der Waals surface area contributed by atoms with E-state index in [1.54, 1.807) is 25.7 Å². The van der Waals surface area contributed by atoms with E-state index in [1.165, 1.54) is 12.0 Å². The number of likely N-dealkylation sites (tertiary alicyclic amines) is 1. The van der Waals surface area contributed by atoms with E-state index in [9.17, 15) is 14.4 Å². The second-order valence-corrected chi connectivity index (χ2v) is 9.03. The molecule has 3 aliphatic heterocycles. The third kappa shape index (κ3) is 4.53. The van der Waals surface area contributed by atoms with Crippen molar-refractivity contribution in [2.45, 2.75) is 58.0 Å². The van der Waals surface area contributed by atoms with Gasteiger partial charge in [0.15, 0.2) is 11.5 Å². The van der Waals surface area contributed by atoms with E-state index in [0.29, 0.717) is 37.8 Å². The van der Waals surface area contributed by atoms with Crippen molar-refractivity contribution >= 4 is 18.2 Å². The first-order valence-electron chi connectivity index (χ1n) is 10.6. The highest BCUT2D eigenvalue weighted by atomic mass is 16.6. The van der Waals surface area contributed by atoms with E-state index in [1.807, 2.05) is 12.1 Å². The van der Waals surface area contributed by atoms with E-state index in [-0.39, 0.29) is 13.0 Å². The lowest BCUT2D eigenvalue weighted by Gasteiger charge is -2.27. The Morgan fingerprint density at radius 3 is 2.12 bits per heavy atom. The van der Waals surface area contributed by atoms with Gasteiger partial charge in [0.1, 0.15) is 31.0 Å². The first-order valence-corrected chi connectivity index (χ1v) is 10.6. The van der Waals surface area contributed by atoms with E-state index in [4.69, 9.17) is 23.7 Å².